The van der Waals surface area contributed by atoms with Crippen molar-refractivity contribution in [3.8, 4) is 17.0 Å². The summed E-state index contributed by atoms with van der Waals surface area (Å²) in [7, 11) is 0. The molecule has 0 aliphatic rings. The summed E-state index contributed by atoms with van der Waals surface area (Å²) in [6.45, 7) is 0.542. The molecule has 0 bridgehead atoms. The highest BCUT2D eigenvalue weighted by Gasteiger charge is 2.08. The highest BCUT2D eigenvalue weighted by molar-refractivity contribution is 9.10. The first-order valence-corrected chi connectivity index (χ1v) is 9.20. The zero-order valence-electron chi connectivity index (χ0n) is 14.5. The third kappa shape index (κ3) is 5.52. The summed E-state index contributed by atoms with van der Waals surface area (Å²) in [6.07, 6.45) is 0. The Hall–Kier alpha value is -2.93. The number of hydrogen-bond acceptors (Lipinski definition) is 4. The minimum absolute atomic E-state index is 0.144. The highest BCUT2D eigenvalue weighted by Crippen LogP contribution is 2.18. The number of ether oxygens (including phenoxy) is 1. The SMILES string of the molecule is O=C(Cn1nc(-c2ccc(Br)cc2)ccc1=O)NCCOc1ccccc1. The molecule has 1 N–H and O–H groups in total. The summed E-state index contributed by atoms with van der Waals surface area (Å²) in [4.78, 5) is 24.1. The molecule has 0 atom stereocenters. The van der Waals surface area contributed by atoms with Crippen LogP contribution in [0.5, 0.6) is 5.75 Å². The average molecular weight is 428 g/mol. The van der Waals surface area contributed by atoms with Crippen LogP contribution in [0.15, 0.2) is 76.0 Å². The van der Waals surface area contributed by atoms with Crippen LogP contribution in [0, 0.1) is 0 Å². The molecular formula is C20H18BrN3O3. The number of para-hydroxylation sites is 1. The smallest absolute Gasteiger partial charge is 0.267 e. The molecule has 2 aromatic carbocycles. The van der Waals surface area contributed by atoms with Gasteiger partial charge < -0.3 is 10.1 Å². The summed E-state index contributed by atoms with van der Waals surface area (Å²) >= 11 is 3.38. The van der Waals surface area contributed by atoms with Crippen molar-refractivity contribution in [3.05, 3.63) is 81.6 Å². The van der Waals surface area contributed by atoms with Crippen LogP contribution in [0.2, 0.25) is 0 Å². The Balaban J connectivity index is 1.56. The second-order valence-corrected chi connectivity index (χ2v) is 6.65. The van der Waals surface area contributed by atoms with Gasteiger partial charge in [0.25, 0.3) is 5.56 Å². The number of benzene rings is 2. The lowest BCUT2D eigenvalue weighted by Crippen LogP contribution is -2.35. The van der Waals surface area contributed by atoms with Crippen molar-refractivity contribution in [1.82, 2.24) is 15.1 Å². The van der Waals surface area contributed by atoms with E-state index in [1.807, 2.05) is 54.6 Å². The summed E-state index contributed by atoms with van der Waals surface area (Å²) in [5, 5.41) is 7.01. The van der Waals surface area contributed by atoms with Gasteiger partial charge in [0.15, 0.2) is 0 Å². The Labute approximate surface area is 164 Å². The Kier molecular flexibility index (Phi) is 6.38. The van der Waals surface area contributed by atoms with Gasteiger partial charge in [-0.05, 0) is 30.3 Å². The second kappa shape index (κ2) is 9.14. The van der Waals surface area contributed by atoms with Gasteiger partial charge in [-0.2, -0.15) is 5.10 Å². The summed E-state index contributed by atoms with van der Waals surface area (Å²) < 4.78 is 7.63. The molecule has 0 fully saturated rings. The normalized spacial score (nSPS) is 10.4. The number of amides is 1. The Morgan fingerprint density at radius 2 is 1.78 bits per heavy atom. The lowest BCUT2D eigenvalue weighted by molar-refractivity contribution is -0.122. The monoisotopic (exact) mass is 427 g/mol. The van der Waals surface area contributed by atoms with E-state index in [0.29, 0.717) is 18.8 Å². The van der Waals surface area contributed by atoms with Crippen molar-refractivity contribution in [2.24, 2.45) is 0 Å². The van der Waals surface area contributed by atoms with Crippen LogP contribution in [0.4, 0.5) is 0 Å². The van der Waals surface area contributed by atoms with Gasteiger partial charge in [-0.3, -0.25) is 9.59 Å². The van der Waals surface area contributed by atoms with E-state index in [-0.39, 0.29) is 18.0 Å². The van der Waals surface area contributed by atoms with Crippen LogP contribution < -0.4 is 15.6 Å². The molecule has 0 aliphatic heterocycles. The van der Waals surface area contributed by atoms with E-state index >= 15 is 0 Å². The molecule has 7 heteroatoms. The fourth-order valence-electron chi connectivity index (χ4n) is 2.40. The first-order valence-electron chi connectivity index (χ1n) is 8.40. The fourth-order valence-corrected chi connectivity index (χ4v) is 2.67. The van der Waals surface area contributed by atoms with E-state index in [9.17, 15) is 9.59 Å². The third-order valence-corrected chi connectivity index (χ3v) is 4.26. The summed E-state index contributed by atoms with van der Waals surface area (Å²) in [6, 6.07) is 20.0. The quantitative estimate of drug-likeness (QED) is 0.588. The number of nitrogens with zero attached hydrogens (tertiary/aromatic N) is 2. The molecule has 1 aromatic heterocycles. The van der Waals surface area contributed by atoms with E-state index in [0.717, 1.165) is 20.5 Å². The molecule has 0 unspecified atom stereocenters. The molecule has 0 saturated heterocycles. The van der Waals surface area contributed by atoms with E-state index in [4.69, 9.17) is 4.74 Å². The van der Waals surface area contributed by atoms with Crippen LogP contribution in [0.3, 0.4) is 0 Å². The third-order valence-electron chi connectivity index (χ3n) is 3.74. The van der Waals surface area contributed by atoms with E-state index in [1.165, 1.54) is 6.07 Å². The van der Waals surface area contributed by atoms with Gasteiger partial charge >= 0.3 is 0 Å². The number of rotatable bonds is 7. The van der Waals surface area contributed by atoms with Crippen LogP contribution in [0.25, 0.3) is 11.3 Å². The molecule has 0 saturated carbocycles. The minimum atomic E-state index is -0.327. The lowest BCUT2D eigenvalue weighted by Gasteiger charge is -2.09. The van der Waals surface area contributed by atoms with E-state index in [1.54, 1.807) is 6.07 Å². The van der Waals surface area contributed by atoms with Gasteiger partial charge in [-0.1, -0.05) is 46.3 Å². The second-order valence-electron chi connectivity index (χ2n) is 5.73. The molecule has 138 valence electrons. The maximum absolute atomic E-state index is 12.1. The molecule has 0 aliphatic carbocycles. The molecule has 3 aromatic rings. The first-order chi connectivity index (χ1) is 13.1. The molecule has 0 radical (unpaired) electrons. The number of nitrogens with one attached hydrogen (secondary N) is 1. The van der Waals surface area contributed by atoms with Crippen molar-refractivity contribution in [2.75, 3.05) is 13.2 Å². The zero-order chi connectivity index (χ0) is 19.1. The number of halogens is 1. The maximum atomic E-state index is 12.1. The van der Waals surface area contributed by atoms with Gasteiger partial charge in [0.2, 0.25) is 5.91 Å². The standard InChI is InChI=1S/C20H18BrN3O3/c21-16-8-6-15(7-9-16)18-10-11-20(26)24(23-18)14-19(25)22-12-13-27-17-4-2-1-3-5-17/h1-11H,12-14H2,(H,22,25). The topological polar surface area (TPSA) is 73.2 Å². The number of carbonyl (C=O) groups is 1. The Morgan fingerprint density at radius 1 is 1.04 bits per heavy atom. The fraction of sp³-hybridized carbons (Fsp3) is 0.150. The van der Waals surface area contributed by atoms with Gasteiger partial charge in [-0.15, -0.1) is 0 Å². The van der Waals surface area contributed by atoms with E-state index < -0.39 is 0 Å². The molecule has 27 heavy (non-hydrogen) atoms. The van der Waals surface area contributed by atoms with Crippen LogP contribution in [-0.4, -0.2) is 28.8 Å². The molecule has 1 heterocycles. The Morgan fingerprint density at radius 3 is 2.52 bits per heavy atom. The van der Waals surface area contributed by atoms with Crippen LogP contribution in [0.1, 0.15) is 0 Å². The van der Waals surface area contributed by atoms with Gasteiger partial charge in [-0.25, -0.2) is 4.68 Å². The van der Waals surface area contributed by atoms with Crippen molar-refractivity contribution in [1.29, 1.82) is 0 Å². The lowest BCUT2D eigenvalue weighted by atomic mass is 10.1. The van der Waals surface area contributed by atoms with Crippen LogP contribution in [-0.2, 0) is 11.3 Å². The van der Waals surface area contributed by atoms with Crippen molar-refractivity contribution in [3.63, 3.8) is 0 Å². The minimum Gasteiger partial charge on any atom is -0.492 e. The molecule has 1 amide bonds. The van der Waals surface area contributed by atoms with Gasteiger partial charge in [0.1, 0.15) is 18.9 Å². The predicted molar refractivity (Wildman–Crippen MR) is 107 cm³/mol. The highest BCUT2D eigenvalue weighted by atomic mass is 79.9. The van der Waals surface area contributed by atoms with Crippen LogP contribution >= 0.6 is 15.9 Å². The van der Waals surface area contributed by atoms with E-state index in [2.05, 4.69) is 26.3 Å². The van der Waals surface area contributed by atoms with Crippen molar-refractivity contribution < 1.29 is 9.53 Å². The number of carbonyl (C=O) groups excluding carboxylic acids is 1. The molecule has 3 rings (SSSR count). The van der Waals surface area contributed by atoms with Crippen molar-refractivity contribution in [2.45, 2.75) is 6.54 Å². The molecule has 6 nitrogen and oxygen atoms in total. The average Bonchev–Trinajstić information content (AvgIpc) is 2.68. The van der Waals surface area contributed by atoms with Gasteiger partial charge in [0, 0.05) is 16.1 Å². The number of aromatic nitrogens is 2. The predicted octanol–water partition coefficient (Wildman–Crippen LogP) is 2.87. The zero-order valence-corrected chi connectivity index (χ0v) is 16.1. The largest absolute Gasteiger partial charge is 0.492 e. The summed E-state index contributed by atoms with van der Waals surface area (Å²) in [5.74, 6) is 0.445. The molecule has 0 spiro atoms. The first kappa shape index (κ1) is 18.8. The van der Waals surface area contributed by atoms with Crippen molar-refractivity contribution >= 4 is 21.8 Å². The Bertz CT molecular complexity index is 956. The molecular weight excluding hydrogens is 410 g/mol. The summed E-state index contributed by atoms with van der Waals surface area (Å²) in [5.41, 5.74) is 1.16. The maximum Gasteiger partial charge on any atom is 0.267 e. The number of hydrogen-bond donors (Lipinski definition) is 1. The van der Waals surface area contributed by atoms with Gasteiger partial charge in [0.05, 0.1) is 12.2 Å².